The van der Waals surface area contributed by atoms with Crippen LogP contribution in [-0.2, 0) is 26.0 Å². The van der Waals surface area contributed by atoms with Crippen LogP contribution in [0.4, 0.5) is 0 Å². The Morgan fingerprint density at radius 3 is 2.29 bits per heavy atom. The quantitative estimate of drug-likeness (QED) is 0.559. The lowest BCUT2D eigenvalue weighted by Gasteiger charge is -2.09. The molecule has 2 rings (SSSR count). The molecule has 0 aliphatic heterocycles. The fourth-order valence-electron chi connectivity index (χ4n) is 2.62. The normalized spacial score (nSPS) is 11.1. The Balaban J connectivity index is 1.96. The number of esters is 1. The molecule has 0 saturated heterocycles. The van der Waals surface area contributed by atoms with Gasteiger partial charge in [0.1, 0.15) is 5.69 Å². The summed E-state index contributed by atoms with van der Waals surface area (Å²) in [6.45, 7) is 4.37. The Bertz CT molecular complexity index is 1030. The Morgan fingerprint density at radius 1 is 1.06 bits per heavy atom. The highest BCUT2D eigenvalue weighted by Gasteiger charge is 2.19. The van der Waals surface area contributed by atoms with E-state index in [4.69, 9.17) is 0 Å². The highest BCUT2D eigenvalue weighted by Crippen LogP contribution is 2.12. The lowest BCUT2D eigenvalue weighted by atomic mass is 10.1. The Kier molecular flexibility index (Phi) is 8.26. The van der Waals surface area contributed by atoms with Gasteiger partial charge >= 0.3 is 5.97 Å². The summed E-state index contributed by atoms with van der Waals surface area (Å²) < 4.78 is 31.4. The van der Waals surface area contributed by atoms with Crippen LogP contribution in [0.5, 0.6) is 0 Å². The zero-order valence-corrected chi connectivity index (χ0v) is 18.4. The van der Waals surface area contributed by atoms with Crippen LogP contribution in [0.2, 0.25) is 0 Å². The number of sulfonamides is 1. The molecule has 31 heavy (non-hydrogen) atoms. The first kappa shape index (κ1) is 24.0. The van der Waals surface area contributed by atoms with Gasteiger partial charge in [0.05, 0.1) is 17.6 Å². The molecule has 1 aromatic carbocycles. The minimum absolute atomic E-state index is 0.00195. The molecular formula is C21H25N3O6S. The number of nitrogens with one attached hydrogen (secondary N) is 2. The van der Waals surface area contributed by atoms with Crippen LogP contribution in [0.1, 0.15) is 46.7 Å². The van der Waals surface area contributed by atoms with Crippen molar-refractivity contribution in [3.63, 3.8) is 0 Å². The molecule has 1 aromatic heterocycles. The maximum Gasteiger partial charge on any atom is 0.356 e. The van der Waals surface area contributed by atoms with E-state index in [9.17, 15) is 22.8 Å². The first-order chi connectivity index (χ1) is 14.6. The molecule has 2 N–H and O–H groups in total. The number of nitrogens with zero attached hydrogens (tertiary/aromatic N) is 1. The fourth-order valence-corrected chi connectivity index (χ4v) is 3.59. The molecule has 0 bridgehead atoms. The third kappa shape index (κ3) is 7.18. The van der Waals surface area contributed by atoms with E-state index in [0.29, 0.717) is 19.4 Å². The van der Waals surface area contributed by atoms with Gasteiger partial charge in [0.15, 0.2) is 0 Å². The summed E-state index contributed by atoms with van der Waals surface area (Å²) >= 11 is 0. The fraction of sp³-hybridized carbons (Fsp3) is 0.333. The van der Waals surface area contributed by atoms with Gasteiger partial charge in [0.25, 0.3) is 15.9 Å². The van der Waals surface area contributed by atoms with E-state index in [1.54, 1.807) is 12.1 Å². The average Bonchev–Trinajstić information content (AvgIpc) is 2.72. The molecule has 0 aliphatic rings. The van der Waals surface area contributed by atoms with Crippen molar-refractivity contribution >= 4 is 27.8 Å². The van der Waals surface area contributed by atoms with Crippen LogP contribution in [0, 0.1) is 5.92 Å². The van der Waals surface area contributed by atoms with Crippen molar-refractivity contribution < 1.29 is 27.5 Å². The van der Waals surface area contributed by atoms with Gasteiger partial charge in [-0.05, 0) is 42.2 Å². The number of rotatable bonds is 9. The lowest BCUT2D eigenvalue weighted by Crippen LogP contribution is -2.30. The van der Waals surface area contributed by atoms with E-state index >= 15 is 0 Å². The Morgan fingerprint density at radius 2 is 1.74 bits per heavy atom. The first-order valence-corrected chi connectivity index (χ1v) is 11.1. The maximum atomic E-state index is 12.5. The Hall–Kier alpha value is -3.27. The van der Waals surface area contributed by atoms with Crippen LogP contribution in [0.3, 0.4) is 0 Å². The second-order valence-electron chi connectivity index (χ2n) is 7.20. The van der Waals surface area contributed by atoms with Crippen molar-refractivity contribution in [2.24, 2.45) is 5.92 Å². The van der Waals surface area contributed by atoms with Crippen molar-refractivity contribution in [2.45, 2.75) is 31.6 Å². The summed E-state index contributed by atoms with van der Waals surface area (Å²) in [4.78, 5) is 39.0. The topological polar surface area (TPSA) is 132 Å². The summed E-state index contributed by atoms with van der Waals surface area (Å²) in [5, 5.41) is 2.82. The van der Waals surface area contributed by atoms with Crippen LogP contribution < -0.4 is 10.0 Å². The summed E-state index contributed by atoms with van der Waals surface area (Å²) in [6, 6.07) is 8.57. The SMILES string of the molecule is COC(=O)c1ccc(C(=O)NS(=O)(=O)c2ccc(CCNC(=O)CC(C)C)cc2)cn1. The number of amides is 2. The summed E-state index contributed by atoms with van der Waals surface area (Å²) in [6.07, 6.45) is 2.10. The summed E-state index contributed by atoms with van der Waals surface area (Å²) in [5.41, 5.74) is 0.820. The maximum absolute atomic E-state index is 12.5. The second kappa shape index (κ2) is 10.7. The predicted octanol–water partition coefficient (Wildman–Crippen LogP) is 1.69. The van der Waals surface area contributed by atoms with Gasteiger partial charge in [-0.15, -0.1) is 0 Å². The molecule has 2 aromatic rings. The standard InChI is InChI=1S/C21H25N3O6S/c1-14(2)12-19(25)22-11-10-15-4-7-17(8-5-15)31(28,29)24-20(26)16-6-9-18(23-13-16)21(27)30-3/h4-9,13-14H,10-12H2,1-3H3,(H,22,25)(H,24,26). The van der Waals surface area contributed by atoms with E-state index in [2.05, 4.69) is 15.0 Å². The molecule has 0 fully saturated rings. The van der Waals surface area contributed by atoms with E-state index in [0.717, 1.165) is 11.8 Å². The van der Waals surface area contributed by atoms with Crippen molar-refractivity contribution in [1.29, 1.82) is 0 Å². The van der Waals surface area contributed by atoms with Crippen LogP contribution in [0.15, 0.2) is 47.5 Å². The second-order valence-corrected chi connectivity index (χ2v) is 8.88. The van der Waals surface area contributed by atoms with Gasteiger partial charge in [-0.25, -0.2) is 22.9 Å². The van der Waals surface area contributed by atoms with Gasteiger partial charge in [-0.3, -0.25) is 9.59 Å². The lowest BCUT2D eigenvalue weighted by molar-refractivity contribution is -0.121. The number of hydrogen-bond acceptors (Lipinski definition) is 7. The zero-order valence-electron chi connectivity index (χ0n) is 17.5. The predicted molar refractivity (Wildman–Crippen MR) is 113 cm³/mol. The van der Waals surface area contributed by atoms with Crippen molar-refractivity contribution in [3.05, 3.63) is 59.4 Å². The number of hydrogen-bond donors (Lipinski definition) is 2. The van der Waals surface area contributed by atoms with E-state index in [1.165, 1.54) is 31.4 Å². The monoisotopic (exact) mass is 447 g/mol. The molecule has 0 spiro atoms. The highest BCUT2D eigenvalue weighted by molar-refractivity contribution is 7.90. The molecule has 9 nitrogen and oxygen atoms in total. The van der Waals surface area contributed by atoms with Crippen molar-refractivity contribution in [3.8, 4) is 0 Å². The van der Waals surface area contributed by atoms with Gasteiger partial charge in [0, 0.05) is 19.2 Å². The van der Waals surface area contributed by atoms with E-state index in [-0.39, 0.29) is 28.0 Å². The number of ether oxygens (including phenoxy) is 1. The molecule has 0 aliphatic carbocycles. The number of carbonyl (C=O) groups is 3. The molecule has 0 atom stereocenters. The van der Waals surface area contributed by atoms with Gasteiger partial charge in [0.2, 0.25) is 5.91 Å². The molecule has 0 unspecified atom stereocenters. The van der Waals surface area contributed by atoms with Crippen molar-refractivity contribution in [1.82, 2.24) is 15.0 Å². The average molecular weight is 448 g/mol. The number of methoxy groups -OCH3 is 1. The van der Waals surface area contributed by atoms with E-state index < -0.39 is 21.9 Å². The van der Waals surface area contributed by atoms with Gasteiger partial charge in [-0.1, -0.05) is 26.0 Å². The minimum Gasteiger partial charge on any atom is -0.464 e. The van der Waals surface area contributed by atoms with Crippen LogP contribution in [0.25, 0.3) is 0 Å². The number of pyridine rings is 1. The third-order valence-corrected chi connectivity index (χ3v) is 5.56. The third-order valence-electron chi connectivity index (χ3n) is 4.21. The number of benzene rings is 1. The smallest absolute Gasteiger partial charge is 0.356 e. The van der Waals surface area contributed by atoms with Crippen molar-refractivity contribution in [2.75, 3.05) is 13.7 Å². The minimum atomic E-state index is -4.09. The molecular weight excluding hydrogens is 422 g/mol. The number of aromatic nitrogens is 1. The molecule has 0 saturated carbocycles. The van der Waals surface area contributed by atoms with Crippen LogP contribution in [-0.4, -0.2) is 44.8 Å². The molecule has 10 heteroatoms. The summed E-state index contributed by atoms with van der Waals surface area (Å²) in [5.74, 6) is -1.28. The molecule has 166 valence electrons. The van der Waals surface area contributed by atoms with Crippen LogP contribution >= 0.6 is 0 Å². The molecule has 2 amide bonds. The van der Waals surface area contributed by atoms with E-state index in [1.807, 2.05) is 18.6 Å². The molecule has 1 heterocycles. The van der Waals surface area contributed by atoms with Gasteiger partial charge < -0.3 is 10.1 Å². The largest absolute Gasteiger partial charge is 0.464 e. The zero-order chi connectivity index (χ0) is 23.0. The van der Waals surface area contributed by atoms with Gasteiger partial charge in [-0.2, -0.15) is 0 Å². The first-order valence-electron chi connectivity index (χ1n) is 9.59. The molecule has 0 radical (unpaired) electrons. The summed E-state index contributed by atoms with van der Waals surface area (Å²) in [7, 11) is -2.89. The Labute approximate surface area is 181 Å². The number of carbonyl (C=O) groups excluding carboxylic acids is 3. The highest BCUT2D eigenvalue weighted by atomic mass is 32.2.